The van der Waals surface area contributed by atoms with Gasteiger partial charge in [-0.2, -0.15) is 0 Å². The van der Waals surface area contributed by atoms with Gasteiger partial charge >= 0.3 is 0 Å². The van der Waals surface area contributed by atoms with Crippen molar-refractivity contribution in [1.82, 2.24) is 5.32 Å². The summed E-state index contributed by atoms with van der Waals surface area (Å²) in [6.07, 6.45) is 1.38. The number of amides is 2. The molecule has 0 bridgehead atoms. The zero-order valence-corrected chi connectivity index (χ0v) is 21.0. The first kappa shape index (κ1) is 26.2. The topological polar surface area (TPSA) is 95.6 Å². The summed E-state index contributed by atoms with van der Waals surface area (Å²) in [6.45, 7) is 1.06. The van der Waals surface area contributed by atoms with E-state index in [1.54, 1.807) is 31.3 Å². The lowest BCUT2D eigenvalue weighted by Gasteiger charge is -2.41. The molecule has 3 rings (SSSR count). The van der Waals surface area contributed by atoms with Crippen molar-refractivity contribution in [1.29, 1.82) is 0 Å². The fourth-order valence-corrected chi connectivity index (χ4v) is 4.42. The molecule has 1 fully saturated rings. The Bertz CT molecular complexity index is 984. The highest BCUT2D eigenvalue weighted by molar-refractivity contribution is 5.98. The molecule has 2 aromatic carbocycles. The second-order valence-corrected chi connectivity index (χ2v) is 8.15. The minimum atomic E-state index is -0.535. The molecule has 0 unspecified atom stereocenters. The molecule has 1 aliphatic heterocycles. The largest absolute Gasteiger partial charge is 0.497 e. The number of nitrogens with one attached hydrogen (secondary N) is 1. The molecular weight excluding hydrogens is 452 g/mol. The second kappa shape index (κ2) is 12.3. The molecule has 9 heteroatoms. The van der Waals surface area contributed by atoms with Gasteiger partial charge in [0.15, 0.2) is 11.5 Å². The first-order chi connectivity index (χ1) is 17.0. The molecule has 0 radical (unpaired) electrons. The molecule has 0 spiro atoms. The highest BCUT2D eigenvalue weighted by atomic mass is 16.5. The van der Waals surface area contributed by atoms with Crippen molar-refractivity contribution in [3.63, 3.8) is 0 Å². The number of carbonyl (C=O) groups is 2. The number of rotatable bonds is 11. The van der Waals surface area contributed by atoms with Crippen LogP contribution in [0.1, 0.15) is 30.9 Å². The Kier molecular flexibility index (Phi) is 9.19. The van der Waals surface area contributed by atoms with E-state index < -0.39 is 12.0 Å². The summed E-state index contributed by atoms with van der Waals surface area (Å²) in [5, 5.41) is 3.01. The molecule has 2 amide bonds. The van der Waals surface area contributed by atoms with Gasteiger partial charge in [0, 0.05) is 38.8 Å². The molecule has 0 aromatic heterocycles. The van der Waals surface area contributed by atoms with Gasteiger partial charge in [0.25, 0.3) is 0 Å². The maximum Gasteiger partial charge on any atom is 0.227 e. The molecule has 35 heavy (non-hydrogen) atoms. The first-order valence-corrected chi connectivity index (χ1v) is 11.5. The number of hydrogen-bond donors (Lipinski definition) is 1. The van der Waals surface area contributed by atoms with Crippen LogP contribution < -0.4 is 29.2 Å². The van der Waals surface area contributed by atoms with Crippen LogP contribution in [0.5, 0.6) is 23.0 Å². The molecule has 1 N–H and O–H groups in total. The summed E-state index contributed by atoms with van der Waals surface area (Å²) in [7, 11) is 7.80. The lowest BCUT2D eigenvalue weighted by molar-refractivity contribution is -0.129. The smallest absolute Gasteiger partial charge is 0.227 e. The van der Waals surface area contributed by atoms with Crippen LogP contribution in [0.2, 0.25) is 0 Å². The summed E-state index contributed by atoms with van der Waals surface area (Å²) < 4.78 is 26.9. The molecule has 9 nitrogen and oxygen atoms in total. The Morgan fingerprint density at radius 2 is 1.63 bits per heavy atom. The SMILES string of the molecule is COCCCNC(=O)[C@@H]1CCC(=O)N(c2cc(OC)c(OC)c(OC)c2)[C@H]1c1ccc(OC)cc1. The standard InChI is InChI=1S/C26H34N2O7/c1-31-14-6-13-27-26(30)20-11-12-23(29)28(24(20)17-7-9-19(32-2)10-8-17)18-15-21(33-3)25(35-5)22(16-18)34-4/h7-10,15-16,20,24H,6,11-14H2,1-5H3,(H,27,30)/t20-,24+/m1/s1. The van der Waals surface area contributed by atoms with Gasteiger partial charge < -0.3 is 33.9 Å². The Balaban J connectivity index is 2.07. The number of methoxy groups -OCH3 is 5. The Morgan fingerprint density at radius 1 is 0.971 bits per heavy atom. The first-order valence-electron chi connectivity index (χ1n) is 11.5. The van der Waals surface area contributed by atoms with E-state index in [1.165, 1.54) is 21.3 Å². The van der Waals surface area contributed by atoms with Gasteiger partial charge in [-0.25, -0.2) is 0 Å². The van der Waals surface area contributed by atoms with Crippen LogP contribution in [0.25, 0.3) is 0 Å². The van der Waals surface area contributed by atoms with Gasteiger partial charge in [0.1, 0.15) is 5.75 Å². The maximum atomic E-state index is 13.4. The quantitative estimate of drug-likeness (QED) is 0.487. The van der Waals surface area contributed by atoms with E-state index in [0.717, 1.165) is 5.56 Å². The van der Waals surface area contributed by atoms with Crippen LogP contribution in [0.15, 0.2) is 36.4 Å². The lowest BCUT2D eigenvalue weighted by Crippen LogP contribution is -2.48. The number of benzene rings is 2. The summed E-state index contributed by atoms with van der Waals surface area (Å²) in [5.74, 6) is 1.31. The number of anilines is 1. The Labute approximate surface area is 206 Å². The average molecular weight is 487 g/mol. The number of piperidine rings is 1. The van der Waals surface area contributed by atoms with Gasteiger partial charge in [-0.3, -0.25) is 9.59 Å². The maximum absolute atomic E-state index is 13.4. The third-order valence-corrected chi connectivity index (χ3v) is 6.14. The molecule has 190 valence electrons. The van der Waals surface area contributed by atoms with Crippen molar-refractivity contribution in [3.05, 3.63) is 42.0 Å². The molecule has 1 saturated heterocycles. The molecule has 1 heterocycles. The minimum Gasteiger partial charge on any atom is -0.497 e. The van der Waals surface area contributed by atoms with Crippen LogP contribution in [0.4, 0.5) is 5.69 Å². The predicted molar refractivity (Wildman–Crippen MR) is 132 cm³/mol. The predicted octanol–water partition coefficient (Wildman–Crippen LogP) is 3.36. The number of carbonyl (C=O) groups excluding carboxylic acids is 2. The molecule has 0 saturated carbocycles. The Hall–Kier alpha value is -3.46. The third-order valence-electron chi connectivity index (χ3n) is 6.14. The molecular formula is C26H34N2O7. The Morgan fingerprint density at radius 3 is 2.17 bits per heavy atom. The van der Waals surface area contributed by atoms with E-state index in [0.29, 0.717) is 54.7 Å². The van der Waals surface area contributed by atoms with Crippen LogP contribution in [0.3, 0.4) is 0 Å². The van der Waals surface area contributed by atoms with Crippen molar-refractivity contribution in [3.8, 4) is 23.0 Å². The van der Waals surface area contributed by atoms with Gasteiger partial charge in [-0.15, -0.1) is 0 Å². The monoisotopic (exact) mass is 486 g/mol. The average Bonchev–Trinajstić information content (AvgIpc) is 2.89. The van der Waals surface area contributed by atoms with Gasteiger partial charge in [-0.1, -0.05) is 12.1 Å². The third kappa shape index (κ3) is 5.79. The molecule has 2 aromatic rings. The van der Waals surface area contributed by atoms with Crippen molar-refractivity contribution in [2.45, 2.75) is 25.3 Å². The molecule has 1 aliphatic rings. The second-order valence-electron chi connectivity index (χ2n) is 8.15. The van der Waals surface area contributed by atoms with Crippen molar-refractivity contribution < 1.29 is 33.3 Å². The summed E-state index contributed by atoms with van der Waals surface area (Å²) in [4.78, 5) is 28.3. The fourth-order valence-electron chi connectivity index (χ4n) is 4.42. The van der Waals surface area contributed by atoms with E-state index in [1.807, 2.05) is 24.3 Å². The van der Waals surface area contributed by atoms with Gasteiger partial charge in [0.2, 0.25) is 17.6 Å². The zero-order valence-electron chi connectivity index (χ0n) is 21.0. The summed E-state index contributed by atoms with van der Waals surface area (Å²) in [5.41, 5.74) is 1.38. The van der Waals surface area contributed by atoms with E-state index in [-0.39, 0.29) is 18.2 Å². The minimum absolute atomic E-state index is 0.0940. The number of ether oxygens (including phenoxy) is 5. The van der Waals surface area contributed by atoms with E-state index in [9.17, 15) is 9.59 Å². The summed E-state index contributed by atoms with van der Waals surface area (Å²) >= 11 is 0. The van der Waals surface area contributed by atoms with Crippen molar-refractivity contribution in [2.75, 3.05) is 53.6 Å². The van der Waals surface area contributed by atoms with Gasteiger partial charge in [-0.05, 0) is 30.5 Å². The fraction of sp³-hybridized carbons (Fsp3) is 0.462. The van der Waals surface area contributed by atoms with E-state index >= 15 is 0 Å². The van der Waals surface area contributed by atoms with Crippen LogP contribution >= 0.6 is 0 Å². The van der Waals surface area contributed by atoms with Crippen molar-refractivity contribution >= 4 is 17.5 Å². The number of nitrogens with zero attached hydrogens (tertiary/aromatic N) is 1. The highest BCUT2D eigenvalue weighted by Crippen LogP contribution is 2.46. The molecule has 0 aliphatic carbocycles. The summed E-state index contributed by atoms with van der Waals surface area (Å²) in [6, 6.07) is 10.4. The zero-order chi connectivity index (χ0) is 25.4. The highest BCUT2D eigenvalue weighted by Gasteiger charge is 2.42. The van der Waals surface area contributed by atoms with Gasteiger partial charge in [0.05, 0.1) is 46.1 Å². The molecule has 2 atom stereocenters. The van der Waals surface area contributed by atoms with Crippen LogP contribution in [0, 0.1) is 5.92 Å². The number of hydrogen-bond acceptors (Lipinski definition) is 7. The van der Waals surface area contributed by atoms with Crippen LogP contribution in [-0.4, -0.2) is 60.5 Å². The van der Waals surface area contributed by atoms with E-state index in [4.69, 9.17) is 23.7 Å². The van der Waals surface area contributed by atoms with E-state index in [2.05, 4.69) is 5.32 Å². The lowest BCUT2D eigenvalue weighted by atomic mass is 9.83. The van der Waals surface area contributed by atoms with Crippen molar-refractivity contribution in [2.24, 2.45) is 5.92 Å². The van der Waals surface area contributed by atoms with Crippen LogP contribution in [-0.2, 0) is 14.3 Å². The normalized spacial score (nSPS) is 17.6.